The minimum atomic E-state index is 0.244. The third kappa shape index (κ3) is 3.38. The van der Waals surface area contributed by atoms with Crippen molar-refractivity contribution in [3.8, 4) is 0 Å². The zero-order chi connectivity index (χ0) is 20.0. The lowest BCUT2D eigenvalue weighted by molar-refractivity contribution is 0.00631. The van der Waals surface area contributed by atoms with E-state index in [1.807, 2.05) is 25.5 Å². The van der Waals surface area contributed by atoms with Crippen LogP contribution in [0, 0.1) is 13.8 Å². The lowest BCUT2D eigenvalue weighted by Crippen LogP contribution is -2.26. The summed E-state index contributed by atoms with van der Waals surface area (Å²) in [4.78, 5) is 18.6. The Kier molecular flexibility index (Phi) is 4.51. The van der Waals surface area contributed by atoms with Crippen LogP contribution in [0.4, 0.5) is 0 Å². The predicted molar refractivity (Wildman–Crippen MR) is 113 cm³/mol. The molecule has 0 radical (unpaired) electrons. The van der Waals surface area contributed by atoms with E-state index in [0.717, 1.165) is 53.1 Å². The molecule has 0 aliphatic carbocycles. The van der Waals surface area contributed by atoms with E-state index in [2.05, 4.69) is 51.6 Å². The van der Waals surface area contributed by atoms with Crippen molar-refractivity contribution in [3.05, 3.63) is 59.6 Å². The summed E-state index contributed by atoms with van der Waals surface area (Å²) in [5.74, 6) is 1.02. The molecule has 29 heavy (non-hydrogen) atoms. The summed E-state index contributed by atoms with van der Waals surface area (Å²) in [5.41, 5.74) is 6.20. The smallest absolute Gasteiger partial charge is 0.116 e. The van der Waals surface area contributed by atoms with Gasteiger partial charge in [0.25, 0.3) is 0 Å². The van der Waals surface area contributed by atoms with E-state index in [-0.39, 0.29) is 6.10 Å². The SMILES string of the molecule is Cc1ccc2ncc3nc(Cc4cnc(C)cn4)n([C@@H]4CCO[C@H](C)C4)c3c2c1. The van der Waals surface area contributed by atoms with Crippen molar-refractivity contribution in [3.63, 3.8) is 0 Å². The van der Waals surface area contributed by atoms with Crippen molar-refractivity contribution in [2.45, 2.75) is 52.2 Å². The number of nitrogens with zero attached hydrogens (tertiary/aromatic N) is 5. The van der Waals surface area contributed by atoms with E-state index in [9.17, 15) is 0 Å². The van der Waals surface area contributed by atoms with Crippen LogP contribution in [0.5, 0.6) is 0 Å². The molecular formula is C23H25N5O. The van der Waals surface area contributed by atoms with E-state index in [1.165, 1.54) is 11.1 Å². The lowest BCUT2D eigenvalue weighted by Gasteiger charge is -2.30. The second kappa shape index (κ2) is 7.19. The first-order valence-corrected chi connectivity index (χ1v) is 10.2. The number of aromatic nitrogens is 5. The van der Waals surface area contributed by atoms with Crippen LogP contribution in [-0.4, -0.2) is 37.2 Å². The Hall–Kier alpha value is -2.86. The molecule has 0 spiro atoms. The van der Waals surface area contributed by atoms with Gasteiger partial charge in [-0.05, 0) is 45.7 Å². The molecule has 4 aromatic rings. The van der Waals surface area contributed by atoms with Gasteiger partial charge in [0.05, 0.1) is 34.7 Å². The van der Waals surface area contributed by atoms with E-state index in [4.69, 9.17) is 9.72 Å². The Morgan fingerprint density at radius 2 is 1.97 bits per heavy atom. The van der Waals surface area contributed by atoms with Crippen molar-refractivity contribution in [2.24, 2.45) is 0 Å². The monoisotopic (exact) mass is 387 g/mol. The topological polar surface area (TPSA) is 65.7 Å². The molecule has 0 amide bonds. The average molecular weight is 387 g/mol. The molecule has 2 atom stereocenters. The van der Waals surface area contributed by atoms with Gasteiger partial charge in [-0.3, -0.25) is 15.0 Å². The van der Waals surface area contributed by atoms with Crippen LogP contribution >= 0.6 is 0 Å². The van der Waals surface area contributed by atoms with Gasteiger partial charge in [0.1, 0.15) is 11.3 Å². The van der Waals surface area contributed by atoms with Gasteiger partial charge < -0.3 is 9.30 Å². The fraction of sp³-hybridized carbons (Fsp3) is 0.391. The predicted octanol–water partition coefficient (Wildman–Crippen LogP) is 4.32. The maximum atomic E-state index is 5.83. The zero-order valence-corrected chi connectivity index (χ0v) is 17.1. The van der Waals surface area contributed by atoms with Crippen molar-refractivity contribution in [1.82, 2.24) is 24.5 Å². The van der Waals surface area contributed by atoms with E-state index in [0.29, 0.717) is 12.5 Å². The molecule has 1 aliphatic heterocycles. The Morgan fingerprint density at radius 1 is 1.07 bits per heavy atom. The van der Waals surface area contributed by atoms with Crippen LogP contribution in [0.15, 0.2) is 36.8 Å². The number of pyridine rings is 1. The summed E-state index contributed by atoms with van der Waals surface area (Å²) in [5, 5.41) is 1.16. The van der Waals surface area contributed by atoms with Crippen LogP contribution in [0.25, 0.3) is 21.9 Å². The Balaban J connectivity index is 1.72. The van der Waals surface area contributed by atoms with E-state index < -0.39 is 0 Å². The molecule has 1 aromatic carbocycles. The first-order chi connectivity index (χ1) is 14.1. The minimum absolute atomic E-state index is 0.244. The summed E-state index contributed by atoms with van der Waals surface area (Å²) in [6.07, 6.45) is 8.43. The molecule has 1 fully saturated rings. The van der Waals surface area contributed by atoms with Gasteiger partial charge in [-0.25, -0.2) is 4.98 Å². The van der Waals surface area contributed by atoms with Gasteiger partial charge >= 0.3 is 0 Å². The highest BCUT2D eigenvalue weighted by molar-refractivity contribution is 6.02. The molecular weight excluding hydrogens is 362 g/mol. The van der Waals surface area contributed by atoms with Crippen molar-refractivity contribution >= 4 is 21.9 Å². The number of ether oxygens (including phenoxy) is 1. The first kappa shape index (κ1) is 18.2. The maximum Gasteiger partial charge on any atom is 0.116 e. The lowest BCUT2D eigenvalue weighted by atomic mass is 10.0. The molecule has 3 aromatic heterocycles. The van der Waals surface area contributed by atoms with Gasteiger partial charge in [-0.15, -0.1) is 0 Å². The Bertz CT molecular complexity index is 1180. The molecule has 0 saturated carbocycles. The minimum Gasteiger partial charge on any atom is -0.378 e. The van der Waals surface area contributed by atoms with Gasteiger partial charge in [0.15, 0.2) is 0 Å². The van der Waals surface area contributed by atoms with Gasteiger partial charge in [0, 0.05) is 36.8 Å². The van der Waals surface area contributed by atoms with E-state index in [1.54, 1.807) is 0 Å². The first-order valence-electron chi connectivity index (χ1n) is 10.2. The van der Waals surface area contributed by atoms with Crippen LogP contribution in [0.1, 0.15) is 48.6 Å². The fourth-order valence-electron chi connectivity index (χ4n) is 4.34. The zero-order valence-electron chi connectivity index (χ0n) is 17.1. The van der Waals surface area contributed by atoms with Crippen molar-refractivity contribution < 1.29 is 4.74 Å². The van der Waals surface area contributed by atoms with E-state index >= 15 is 0 Å². The standard InChI is InChI=1S/C23H25N5O/c1-14-4-5-20-19(8-14)23-21(13-26-20)27-22(10-17-12-24-15(2)11-25-17)28(23)18-6-7-29-16(3)9-18/h4-5,8,11-13,16,18H,6-7,9-10H2,1-3H3/t16-,18-/m1/s1. The van der Waals surface area contributed by atoms with Crippen LogP contribution < -0.4 is 0 Å². The third-order valence-electron chi connectivity index (χ3n) is 5.74. The highest BCUT2D eigenvalue weighted by Gasteiger charge is 2.26. The van der Waals surface area contributed by atoms with Gasteiger partial charge in [-0.1, -0.05) is 11.6 Å². The van der Waals surface area contributed by atoms with Crippen molar-refractivity contribution in [2.75, 3.05) is 6.61 Å². The number of benzene rings is 1. The third-order valence-corrected chi connectivity index (χ3v) is 5.74. The second-order valence-electron chi connectivity index (χ2n) is 8.10. The normalized spacial score (nSPS) is 19.8. The number of fused-ring (bicyclic) bond motifs is 3. The number of hydrogen-bond donors (Lipinski definition) is 0. The Labute approximate surface area is 170 Å². The number of rotatable bonds is 3. The molecule has 0 unspecified atom stereocenters. The summed E-state index contributed by atoms with van der Waals surface area (Å²) in [6.45, 7) is 7.01. The summed E-state index contributed by atoms with van der Waals surface area (Å²) < 4.78 is 8.26. The fourth-order valence-corrected chi connectivity index (χ4v) is 4.34. The van der Waals surface area contributed by atoms with Crippen LogP contribution in [0.2, 0.25) is 0 Å². The largest absolute Gasteiger partial charge is 0.378 e. The Morgan fingerprint density at radius 3 is 2.76 bits per heavy atom. The average Bonchev–Trinajstić information content (AvgIpc) is 3.08. The highest BCUT2D eigenvalue weighted by Crippen LogP contribution is 2.34. The molecule has 4 heterocycles. The molecule has 6 heteroatoms. The molecule has 148 valence electrons. The summed E-state index contributed by atoms with van der Waals surface area (Å²) in [7, 11) is 0. The number of imidazole rings is 1. The molecule has 1 saturated heterocycles. The van der Waals surface area contributed by atoms with Crippen LogP contribution in [0.3, 0.4) is 0 Å². The van der Waals surface area contributed by atoms with Crippen LogP contribution in [-0.2, 0) is 11.2 Å². The molecule has 0 bridgehead atoms. The molecule has 5 rings (SSSR count). The highest BCUT2D eigenvalue weighted by atomic mass is 16.5. The molecule has 1 aliphatic rings. The second-order valence-corrected chi connectivity index (χ2v) is 8.10. The molecule has 0 N–H and O–H groups in total. The van der Waals surface area contributed by atoms with Gasteiger partial charge in [-0.2, -0.15) is 0 Å². The van der Waals surface area contributed by atoms with Gasteiger partial charge in [0.2, 0.25) is 0 Å². The maximum absolute atomic E-state index is 5.83. The quantitative estimate of drug-likeness (QED) is 0.524. The number of hydrogen-bond acceptors (Lipinski definition) is 5. The number of aryl methyl sites for hydroxylation is 2. The molecule has 6 nitrogen and oxygen atoms in total. The van der Waals surface area contributed by atoms with Crippen molar-refractivity contribution in [1.29, 1.82) is 0 Å². The summed E-state index contributed by atoms with van der Waals surface area (Å²) in [6, 6.07) is 6.78. The summed E-state index contributed by atoms with van der Waals surface area (Å²) >= 11 is 0.